The van der Waals surface area contributed by atoms with Crippen LogP contribution in [-0.2, 0) is 11.3 Å². The van der Waals surface area contributed by atoms with E-state index in [0.717, 1.165) is 51.8 Å². The minimum Gasteiger partial charge on any atom is -0.378 e. The van der Waals surface area contributed by atoms with Gasteiger partial charge >= 0.3 is 0 Å². The number of para-hydroxylation sites is 1. The molecule has 0 radical (unpaired) electrons. The molecule has 0 bridgehead atoms. The Morgan fingerprint density at radius 3 is 2.73 bits per heavy atom. The van der Waals surface area contributed by atoms with E-state index in [-0.39, 0.29) is 0 Å². The van der Waals surface area contributed by atoms with E-state index in [1.807, 2.05) is 7.05 Å². The second-order valence-corrected chi connectivity index (χ2v) is 5.43. The lowest BCUT2D eigenvalue weighted by Crippen LogP contribution is -2.39. The van der Waals surface area contributed by atoms with E-state index in [1.54, 1.807) is 0 Å². The fraction of sp³-hybridized carbons (Fsp3) is 0.588. The topological polar surface area (TPSA) is 48.9 Å². The number of morpholine rings is 1. The maximum Gasteiger partial charge on any atom is 0.191 e. The van der Waals surface area contributed by atoms with Crippen molar-refractivity contribution in [2.24, 2.45) is 4.99 Å². The summed E-state index contributed by atoms with van der Waals surface area (Å²) in [6.45, 7) is 7.46. The molecule has 122 valence electrons. The number of ether oxygens (including phenoxy) is 1. The minimum absolute atomic E-state index is 0.777. The average Bonchev–Trinajstić information content (AvgIpc) is 2.59. The van der Waals surface area contributed by atoms with E-state index in [9.17, 15) is 0 Å². The number of benzene rings is 1. The van der Waals surface area contributed by atoms with Crippen LogP contribution >= 0.6 is 0 Å². The maximum absolute atomic E-state index is 5.45. The normalized spacial score (nSPS) is 15.7. The third-order valence-corrected chi connectivity index (χ3v) is 3.84. The first-order chi connectivity index (χ1) is 10.8. The van der Waals surface area contributed by atoms with Crippen LogP contribution in [0.3, 0.4) is 0 Å². The predicted molar refractivity (Wildman–Crippen MR) is 92.6 cm³/mol. The van der Waals surface area contributed by atoms with Crippen molar-refractivity contribution in [1.82, 2.24) is 10.6 Å². The Labute approximate surface area is 133 Å². The van der Waals surface area contributed by atoms with Crippen molar-refractivity contribution in [1.29, 1.82) is 0 Å². The van der Waals surface area contributed by atoms with Crippen LogP contribution < -0.4 is 15.5 Å². The van der Waals surface area contributed by atoms with Gasteiger partial charge in [0.05, 0.1) is 13.2 Å². The third kappa shape index (κ3) is 4.91. The molecular formula is C17H28N4O. The van der Waals surface area contributed by atoms with Crippen LogP contribution in [0, 0.1) is 0 Å². The molecule has 0 spiro atoms. The molecule has 1 heterocycles. The summed E-state index contributed by atoms with van der Waals surface area (Å²) in [6.07, 6.45) is 2.34. The van der Waals surface area contributed by atoms with E-state index in [1.165, 1.54) is 17.7 Å². The van der Waals surface area contributed by atoms with Crippen molar-refractivity contribution in [2.75, 3.05) is 44.8 Å². The molecule has 5 nitrogen and oxygen atoms in total. The Bertz CT molecular complexity index is 469. The zero-order valence-corrected chi connectivity index (χ0v) is 13.8. The van der Waals surface area contributed by atoms with Gasteiger partial charge in [-0.15, -0.1) is 0 Å². The second kappa shape index (κ2) is 9.30. The molecule has 0 atom stereocenters. The number of nitrogens with zero attached hydrogens (tertiary/aromatic N) is 2. The molecule has 1 fully saturated rings. The number of rotatable bonds is 6. The molecule has 1 aromatic carbocycles. The molecule has 1 aliphatic heterocycles. The monoisotopic (exact) mass is 304 g/mol. The van der Waals surface area contributed by atoms with Gasteiger partial charge in [0.25, 0.3) is 0 Å². The molecule has 2 rings (SSSR count). The quantitative estimate of drug-likeness (QED) is 0.479. The number of aliphatic imine (C=N–C) groups is 1. The SMILES string of the molecule is CCCCNC(=NC)NCc1ccccc1N1CCOCC1. The summed E-state index contributed by atoms with van der Waals surface area (Å²) in [5, 5.41) is 6.75. The molecule has 0 unspecified atom stereocenters. The highest BCUT2D eigenvalue weighted by Gasteiger charge is 2.14. The average molecular weight is 304 g/mol. The van der Waals surface area contributed by atoms with Crippen molar-refractivity contribution >= 4 is 11.6 Å². The van der Waals surface area contributed by atoms with Crippen LogP contribution in [0.25, 0.3) is 0 Å². The van der Waals surface area contributed by atoms with Crippen LogP contribution in [0.5, 0.6) is 0 Å². The summed E-state index contributed by atoms with van der Waals surface area (Å²) in [4.78, 5) is 6.67. The standard InChI is InChI=1S/C17H28N4O/c1-3-4-9-19-17(18-2)20-14-15-7-5-6-8-16(15)21-10-12-22-13-11-21/h5-8H,3-4,9-14H2,1-2H3,(H2,18,19,20). The molecule has 1 aliphatic rings. The summed E-state index contributed by atoms with van der Waals surface area (Å²) in [5.74, 6) is 0.866. The van der Waals surface area contributed by atoms with Gasteiger partial charge in [-0.1, -0.05) is 31.5 Å². The highest BCUT2D eigenvalue weighted by molar-refractivity contribution is 5.79. The number of unbranched alkanes of at least 4 members (excludes halogenated alkanes) is 1. The number of hydrogen-bond acceptors (Lipinski definition) is 3. The first kappa shape index (κ1) is 16.6. The van der Waals surface area contributed by atoms with Gasteiger partial charge in [-0.3, -0.25) is 4.99 Å². The van der Waals surface area contributed by atoms with E-state index in [4.69, 9.17) is 4.74 Å². The minimum atomic E-state index is 0.777. The van der Waals surface area contributed by atoms with Crippen molar-refractivity contribution in [3.63, 3.8) is 0 Å². The van der Waals surface area contributed by atoms with Crippen LogP contribution in [0.2, 0.25) is 0 Å². The lowest BCUT2D eigenvalue weighted by Gasteiger charge is -2.30. The van der Waals surface area contributed by atoms with Gasteiger partial charge in [0.2, 0.25) is 0 Å². The summed E-state index contributed by atoms with van der Waals surface area (Å²) in [5.41, 5.74) is 2.59. The highest BCUT2D eigenvalue weighted by atomic mass is 16.5. The Hall–Kier alpha value is -1.75. The first-order valence-electron chi connectivity index (χ1n) is 8.20. The fourth-order valence-corrected chi connectivity index (χ4v) is 2.56. The number of anilines is 1. The van der Waals surface area contributed by atoms with Crippen LogP contribution in [0.1, 0.15) is 25.3 Å². The molecule has 0 saturated carbocycles. The van der Waals surface area contributed by atoms with Crippen LogP contribution in [0.4, 0.5) is 5.69 Å². The van der Waals surface area contributed by atoms with Crippen molar-refractivity contribution < 1.29 is 4.74 Å². The third-order valence-electron chi connectivity index (χ3n) is 3.84. The van der Waals surface area contributed by atoms with Gasteiger partial charge in [-0.25, -0.2) is 0 Å². The van der Waals surface area contributed by atoms with Crippen molar-refractivity contribution in [3.05, 3.63) is 29.8 Å². The Kier molecular flexibility index (Phi) is 7.03. The Morgan fingerprint density at radius 2 is 2.00 bits per heavy atom. The van der Waals surface area contributed by atoms with Gasteiger partial charge in [0, 0.05) is 38.9 Å². The first-order valence-corrected chi connectivity index (χ1v) is 8.20. The molecule has 1 saturated heterocycles. The maximum atomic E-state index is 5.45. The van der Waals surface area contributed by atoms with Crippen LogP contribution in [0.15, 0.2) is 29.3 Å². The fourth-order valence-electron chi connectivity index (χ4n) is 2.56. The molecule has 22 heavy (non-hydrogen) atoms. The smallest absolute Gasteiger partial charge is 0.191 e. The van der Waals surface area contributed by atoms with E-state index in [0.29, 0.717) is 0 Å². The summed E-state index contributed by atoms with van der Waals surface area (Å²) < 4.78 is 5.45. The number of nitrogens with one attached hydrogen (secondary N) is 2. The van der Waals surface area contributed by atoms with Gasteiger partial charge in [-0.2, -0.15) is 0 Å². The van der Waals surface area contributed by atoms with Gasteiger partial charge in [-0.05, 0) is 18.1 Å². The number of guanidine groups is 1. The predicted octanol–water partition coefficient (Wildman–Crippen LogP) is 1.99. The molecule has 0 aromatic heterocycles. The largest absolute Gasteiger partial charge is 0.378 e. The van der Waals surface area contributed by atoms with Gasteiger partial charge in [0.15, 0.2) is 5.96 Å². The second-order valence-electron chi connectivity index (χ2n) is 5.43. The molecule has 5 heteroatoms. The van der Waals surface area contributed by atoms with E-state index < -0.39 is 0 Å². The summed E-state index contributed by atoms with van der Waals surface area (Å²) >= 11 is 0. The highest BCUT2D eigenvalue weighted by Crippen LogP contribution is 2.21. The summed E-state index contributed by atoms with van der Waals surface area (Å²) in [6, 6.07) is 8.56. The van der Waals surface area contributed by atoms with E-state index in [2.05, 4.69) is 51.7 Å². The Balaban J connectivity index is 1.94. The summed E-state index contributed by atoms with van der Waals surface area (Å²) in [7, 11) is 1.81. The zero-order chi connectivity index (χ0) is 15.6. The van der Waals surface area contributed by atoms with Crippen LogP contribution in [-0.4, -0.2) is 45.9 Å². The van der Waals surface area contributed by atoms with E-state index >= 15 is 0 Å². The zero-order valence-electron chi connectivity index (χ0n) is 13.8. The molecule has 1 aromatic rings. The molecule has 0 amide bonds. The van der Waals surface area contributed by atoms with Crippen molar-refractivity contribution in [3.8, 4) is 0 Å². The number of hydrogen-bond donors (Lipinski definition) is 2. The molecule has 0 aliphatic carbocycles. The van der Waals surface area contributed by atoms with Gasteiger partial charge in [0.1, 0.15) is 0 Å². The molecule has 2 N–H and O–H groups in total. The Morgan fingerprint density at radius 1 is 1.23 bits per heavy atom. The molecular weight excluding hydrogens is 276 g/mol. The van der Waals surface area contributed by atoms with Gasteiger partial charge < -0.3 is 20.3 Å². The van der Waals surface area contributed by atoms with Crippen molar-refractivity contribution in [2.45, 2.75) is 26.3 Å². The lowest BCUT2D eigenvalue weighted by molar-refractivity contribution is 0.122. The lowest BCUT2D eigenvalue weighted by atomic mass is 10.1.